The van der Waals surface area contributed by atoms with Gasteiger partial charge in [-0.25, -0.2) is 0 Å². The third-order valence-electron chi connectivity index (χ3n) is 3.02. The van der Waals surface area contributed by atoms with Gasteiger partial charge in [0.05, 0.1) is 6.04 Å². The molecule has 2 nitrogen and oxygen atoms in total. The van der Waals surface area contributed by atoms with Gasteiger partial charge in [-0.1, -0.05) is 37.3 Å². The van der Waals surface area contributed by atoms with Crippen LogP contribution in [0.15, 0.2) is 54.6 Å². The van der Waals surface area contributed by atoms with E-state index < -0.39 is 0 Å². The van der Waals surface area contributed by atoms with Gasteiger partial charge in [0.15, 0.2) is 0 Å². The Balaban J connectivity index is 2.10. The number of benzene rings is 2. The average molecular weight is 365 g/mol. The third-order valence-corrected chi connectivity index (χ3v) is 3.74. The standard InChI is InChI=1S/C16H16INO/c1-2-15(12-6-4-3-5-7-12)18-16(19)13-8-10-14(17)11-9-13/h3-11,15H,2H2,1H3,(H,18,19)/t15-/m1/s1. The van der Waals surface area contributed by atoms with Gasteiger partial charge >= 0.3 is 0 Å². The molecule has 0 aliphatic rings. The van der Waals surface area contributed by atoms with E-state index in [0.717, 1.165) is 15.6 Å². The van der Waals surface area contributed by atoms with Crippen LogP contribution in [0.2, 0.25) is 0 Å². The average Bonchev–Trinajstić information content (AvgIpc) is 2.46. The molecule has 19 heavy (non-hydrogen) atoms. The summed E-state index contributed by atoms with van der Waals surface area (Å²) in [4.78, 5) is 12.2. The smallest absolute Gasteiger partial charge is 0.251 e. The molecule has 0 radical (unpaired) electrons. The SMILES string of the molecule is CC[C@@H](NC(=O)c1ccc(I)cc1)c1ccccc1. The van der Waals surface area contributed by atoms with Gasteiger partial charge in [0.1, 0.15) is 0 Å². The maximum atomic E-state index is 12.2. The molecule has 0 fully saturated rings. The maximum Gasteiger partial charge on any atom is 0.251 e. The maximum absolute atomic E-state index is 12.2. The van der Waals surface area contributed by atoms with Crippen LogP contribution in [0.1, 0.15) is 35.3 Å². The van der Waals surface area contributed by atoms with E-state index in [1.165, 1.54) is 0 Å². The van der Waals surface area contributed by atoms with Crippen LogP contribution in [0.3, 0.4) is 0 Å². The molecule has 3 heteroatoms. The zero-order chi connectivity index (χ0) is 13.7. The van der Waals surface area contributed by atoms with Crippen LogP contribution in [0.4, 0.5) is 0 Å². The molecule has 0 saturated carbocycles. The van der Waals surface area contributed by atoms with Gasteiger partial charge in [-0.15, -0.1) is 0 Å². The van der Waals surface area contributed by atoms with Crippen LogP contribution in [-0.2, 0) is 0 Å². The number of amides is 1. The lowest BCUT2D eigenvalue weighted by Crippen LogP contribution is -2.28. The molecule has 2 rings (SSSR count). The molecule has 0 unspecified atom stereocenters. The highest BCUT2D eigenvalue weighted by Gasteiger charge is 2.13. The molecule has 0 aromatic heterocycles. The minimum Gasteiger partial charge on any atom is -0.345 e. The van der Waals surface area contributed by atoms with E-state index in [9.17, 15) is 4.79 Å². The summed E-state index contributed by atoms with van der Waals surface area (Å²) in [6.45, 7) is 2.08. The van der Waals surface area contributed by atoms with Gasteiger partial charge in [-0.2, -0.15) is 0 Å². The summed E-state index contributed by atoms with van der Waals surface area (Å²) in [6.07, 6.45) is 0.875. The fourth-order valence-corrected chi connectivity index (χ4v) is 2.31. The van der Waals surface area contributed by atoms with Crippen LogP contribution in [0.5, 0.6) is 0 Å². The second-order valence-electron chi connectivity index (χ2n) is 4.35. The lowest BCUT2D eigenvalue weighted by Gasteiger charge is -2.17. The number of carbonyl (C=O) groups is 1. The Morgan fingerprint density at radius 3 is 2.32 bits per heavy atom. The lowest BCUT2D eigenvalue weighted by molar-refractivity contribution is 0.0935. The Bertz CT molecular complexity index is 536. The summed E-state index contributed by atoms with van der Waals surface area (Å²) in [5.74, 6) is -0.0212. The topological polar surface area (TPSA) is 29.1 Å². The molecule has 0 heterocycles. The fraction of sp³-hybridized carbons (Fsp3) is 0.188. The molecule has 0 aliphatic carbocycles. The van der Waals surface area contributed by atoms with E-state index >= 15 is 0 Å². The number of nitrogens with one attached hydrogen (secondary N) is 1. The second kappa shape index (κ2) is 6.70. The van der Waals surface area contributed by atoms with Crippen molar-refractivity contribution in [1.29, 1.82) is 0 Å². The first-order valence-corrected chi connectivity index (χ1v) is 7.40. The fourth-order valence-electron chi connectivity index (χ4n) is 1.95. The van der Waals surface area contributed by atoms with Crippen LogP contribution < -0.4 is 5.32 Å². The number of carbonyl (C=O) groups excluding carboxylic acids is 1. The van der Waals surface area contributed by atoms with Crippen molar-refractivity contribution in [2.75, 3.05) is 0 Å². The first kappa shape index (κ1) is 14.1. The van der Waals surface area contributed by atoms with Crippen molar-refractivity contribution >= 4 is 28.5 Å². The van der Waals surface area contributed by atoms with E-state index in [-0.39, 0.29) is 11.9 Å². The zero-order valence-electron chi connectivity index (χ0n) is 10.8. The molecule has 0 bridgehead atoms. The van der Waals surface area contributed by atoms with Gasteiger partial charge in [-0.05, 0) is 58.8 Å². The lowest BCUT2D eigenvalue weighted by atomic mass is 10.0. The Kier molecular flexibility index (Phi) is 4.96. The van der Waals surface area contributed by atoms with Gasteiger partial charge in [0, 0.05) is 9.13 Å². The normalized spacial score (nSPS) is 11.9. The van der Waals surface area contributed by atoms with E-state index in [0.29, 0.717) is 5.56 Å². The molecule has 2 aromatic rings. The van der Waals surface area contributed by atoms with E-state index in [2.05, 4.69) is 34.8 Å². The second-order valence-corrected chi connectivity index (χ2v) is 5.60. The van der Waals surface area contributed by atoms with E-state index in [4.69, 9.17) is 0 Å². The number of hydrogen-bond donors (Lipinski definition) is 1. The highest BCUT2D eigenvalue weighted by molar-refractivity contribution is 14.1. The van der Waals surface area contributed by atoms with Gasteiger partial charge in [-0.3, -0.25) is 4.79 Å². The Hall–Kier alpha value is -1.36. The molecule has 2 aromatic carbocycles. The Morgan fingerprint density at radius 1 is 1.11 bits per heavy atom. The Labute approximate surface area is 127 Å². The molecule has 0 spiro atoms. The molecule has 1 N–H and O–H groups in total. The van der Waals surface area contributed by atoms with Crippen molar-refractivity contribution in [1.82, 2.24) is 5.32 Å². The highest BCUT2D eigenvalue weighted by Crippen LogP contribution is 2.17. The van der Waals surface area contributed by atoms with Crippen molar-refractivity contribution in [3.63, 3.8) is 0 Å². The van der Waals surface area contributed by atoms with Crippen molar-refractivity contribution in [2.45, 2.75) is 19.4 Å². The van der Waals surface area contributed by atoms with Gasteiger partial charge in [0.2, 0.25) is 0 Å². The van der Waals surface area contributed by atoms with Crippen LogP contribution in [0.25, 0.3) is 0 Å². The molecule has 0 aliphatic heterocycles. The molecule has 0 saturated heterocycles. The molecule has 98 valence electrons. The van der Waals surface area contributed by atoms with Crippen molar-refractivity contribution < 1.29 is 4.79 Å². The minimum absolute atomic E-state index is 0.0212. The summed E-state index contributed by atoms with van der Waals surface area (Å²) in [7, 11) is 0. The van der Waals surface area contributed by atoms with Crippen molar-refractivity contribution in [3.8, 4) is 0 Å². The first-order chi connectivity index (χ1) is 9.20. The highest BCUT2D eigenvalue weighted by atomic mass is 127. The number of rotatable bonds is 4. The predicted octanol–water partition coefficient (Wildman–Crippen LogP) is 4.17. The van der Waals surface area contributed by atoms with E-state index in [1.807, 2.05) is 54.6 Å². The predicted molar refractivity (Wildman–Crippen MR) is 86.1 cm³/mol. The molecular formula is C16H16INO. The van der Waals surface area contributed by atoms with Crippen molar-refractivity contribution in [2.24, 2.45) is 0 Å². The summed E-state index contributed by atoms with van der Waals surface area (Å²) >= 11 is 2.23. The molecular weight excluding hydrogens is 349 g/mol. The summed E-state index contributed by atoms with van der Waals surface area (Å²) < 4.78 is 1.13. The van der Waals surface area contributed by atoms with E-state index in [1.54, 1.807) is 0 Å². The third kappa shape index (κ3) is 3.80. The summed E-state index contributed by atoms with van der Waals surface area (Å²) in [5, 5.41) is 3.08. The van der Waals surface area contributed by atoms with Crippen LogP contribution in [0, 0.1) is 3.57 Å². The van der Waals surface area contributed by atoms with Crippen LogP contribution >= 0.6 is 22.6 Å². The summed E-state index contributed by atoms with van der Waals surface area (Å²) in [5.41, 5.74) is 1.85. The van der Waals surface area contributed by atoms with Gasteiger partial charge < -0.3 is 5.32 Å². The Morgan fingerprint density at radius 2 is 1.74 bits per heavy atom. The first-order valence-electron chi connectivity index (χ1n) is 6.32. The largest absolute Gasteiger partial charge is 0.345 e. The quantitative estimate of drug-likeness (QED) is 0.810. The number of halogens is 1. The monoisotopic (exact) mass is 365 g/mol. The van der Waals surface area contributed by atoms with Crippen LogP contribution in [-0.4, -0.2) is 5.91 Å². The minimum atomic E-state index is -0.0212. The van der Waals surface area contributed by atoms with Crippen molar-refractivity contribution in [3.05, 3.63) is 69.3 Å². The van der Waals surface area contributed by atoms with Gasteiger partial charge in [0.25, 0.3) is 5.91 Å². The molecule has 1 atom stereocenters. The molecule has 1 amide bonds. The summed E-state index contributed by atoms with van der Waals surface area (Å²) in [6, 6.07) is 17.7. The zero-order valence-corrected chi connectivity index (χ0v) is 12.9. The number of hydrogen-bond acceptors (Lipinski definition) is 1.